The quantitative estimate of drug-likeness (QED) is 0.678. The Bertz CT molecular complexity index is 210. The highest BCUT2D eigenvalue weighted by molar-refractivity contribution is 5.64. The fourth-order valence-electron chi connectivity index (χ4n) is 2.04. The van der Waals surface area contributed by atoms with Crippen molar-refractivity contribution in [3.63, 3.8) is 0 Å². The Balaban J connectivity index is 1.68. The van der Waals surface area contributed by atoms with E-state index in [0.717, 1.165) is 39.1 Å². The molecule has 2 aliphatic rings. The lowest BCUT2D eigenvalue weighted by Crippen LogP contribution is -2.52. The van der Waals surface area contributed by atoms with Gasteiger partial charge < -0.3 is 15.2 Å². The molecule has 2 N–H and O–H groups in total. The topological polar surface area (TPSA) is 64.8 Å². The summed E-state index contributed by atoms with van der Waals surface area (Å²) >= 11 is 0. The highest BCUT2D eigenvalue weighted by Gasteiger charge is 2.36. The van der Waals surface area contributed by atoms with Crippen LogP contribution in [0.3, 0.4) is 0 Å². The standard InChI is InChI=1S/C9H16N2O3/c10-9(12)14-8-5-7(6-8)11-1-3-13-4-2-11/h7-8H,1-6H2,(H2,10,12)/t7-,8+. The van der Waals surface area contributed by atoms with Gasteiger partial charge in [0.2, 0.25) is 0 Å². The van der Waals surface area contributed by atoms with E-state index in [1.165, 1.54) is 0 Å². The number of rotatable bonds is 2. The third-order valence-corrected chi connectivity index (χ3v) is 2.91. The van der Waals surface area contributed by atoms with Crippen LogP contribution in [0.25, 0.3) is 0 Å². The number of nitrogens with two attached hydrogens (primary N) is 1. The van der Waals surface area contributed by atoms with E-state index < -0.39 is 6.09 Å². The van der Waals surface area contributed by atoms with Gasteiger partial charge in [-0.05, 0) is 0 Å². The van der Waals surface area contributed by atoms with Gasteiger partial charge in [-0.3, -0.25) is 4.90 Å². The first-order valence-electron chi connectivity index (χ1n) is 5.03. The van der Waals surface area contributed by atoms with Crippen LogP contribution in [-0.4, -0.2) is 49.4 Å². The number of morpholine rings is 1. The minimum Gasteiger partial charge on any atom is -0.446 e. The maximum absolute atomic E-state index is 10.5. The minimum atomic E-state index is -0.657. The van der Waals surface area contributed by atoms with Crippen molar-refractivity contribution in [2.24, 2.45) is 5.73 Å². The highest BCUT2D eigenvalue weighted by atomic mass is 16.6. The van der Waals surface area contributed by atoms with E-state index in [4.69, 9.17) is 15.2 Å². The molecule has 1 aliphatic carbocycles. The molecule has 80 valence electrons. The first kappa shape index (κ1) is 9.73. The summed E-state index contributed by atoms with van der Waals surface area (Å²) in [6.07, 6.45) is 1.22. The van der Waals surface area contributed by atoms with Gasteiger partial charge in [0.05, 0.1) is 13.2 Å². The van der Waals surface area contributed by atoms with Crippen molar-refractivity contribution in [1.29, 1.82) is 0 Å². The van der Waals surface area contributed by atoms with Crippen molar-refractivity contribution in [2.75, 3.05) is 26.3 Å². The molecule has 0 spiro atoms. The smallest absolute Gasteiger partial charge is 0.404 e. The van der Waals surface area contributed by atoms with E-state index >= 15 is 0 Å². The largest absolute Gasteiger partial charge is 0.446 e. The van der Waals surface area contributed by atoms with E-state index in [1.807, 2.05) is 0 Å². The Morgan fingerprint density at radius 3 is 2.57 bits per heavy atom. The summed E-state index contributed by atoms with van der Waals surface area (Å²) < 4.78 is 10.2. The van der Waals surface area contributed by atoms with Crippen molar-refractivity contribution in [3.8, 4) is 0 Å². The lowest BCUT2D eigenvalue weighted by Gasteiger charge is -2.43. The van der Waals surface area contributed by atoms with Crippen LogP contribution in [0, 0.1) is 0 Å². The number of hydrogen-bond acceptors (Lipinski definition) is 4. The Kier molecular flexibility index (Phi) is 2.88. The monoisotopic (exact) mass is 200 g/mol. The fraction of sp³-hybridized carbons (Fsp3) is 0.889. The molecule has 1 aliphatic heterocycles. The van der Waals surface area contributed by atoms with Crippen LogP contribution in [0.1, 0.15) is 12.8 Å². The molecule has 1 saturated heterocycles. The van der Waals surface area contributed by atoms with Gasteiger partial charge in [0.1, 0.15) is 6.10 Å². The molecule has 14 heavy (non-hydrogen) atoms. The van der Waals surface area contributed by atoms with E-state index in [2.05, 4.69) is 4.90 Å². The molecule has 0 aromatic rings. The molecule has 2 fully saturated rings. The molecular formula is C9H16N2O3. The van der Waals surface area contributed by atoms with Gasteiger partial charge in [0.15, 0.2) is 0 Å². The molecule has 1 heterocycles. The molecule has 5 nitrogen and oxygen atoms in total. The summed E-state index contributed by atoms with van der Waals surface area (Å²) in [5.41, 5.74) is 4.93. The minimum absolute atomic E-state index is 0.0420. The summed E-state index contributed by atoms with van der Waals surface area (Å²) in [5, 5.41) is 0. The maximum atomic E-state index is 10.5. The molecule has 0 radical (unpaired) electrons. The molecule has 2 rings (SSSR count). The first-order valence-corrected chi connectivity index (χ1v) is 5.03. The number of amides is 1. The molecule has 0 aromatic heterocycles. The van der Waals surface area contributed by atoms with E-state index in [9.17, 15) is 4.79 Å². The second-order valence-electron chi connectivity index (χ2n) is 3.83. The molecule has 0 atom stereocenters. The van der Waals surface area contributed by atoms with Gasteiger partial charge in [-0.1, -0.05) is 0 Å². The summed E-state index contributed by atoms with van der Waals surface area (Å²) in [6, 6.07) is 0.559. The normalized spacial score (nSPS) is 33.4. The zero-order valence-electron chi connectivity index (χ0n) is 8.15. The Morgan fingerprint density at radius 2 is 2.00 bits per heavy atom. The maximum Gasteiger partial charge on any atom is 0.404 e. The average molecular weight is 200 g/mol. The molecule has 1 amide bonds. The molecule has 5 heteroatoms. The third kappa shape index (κ3) is 2.16. The van der Waals surface area contributed by atoms with E-state index in [1.54, 1.807) is 0 Å². The van der Waals surface area contributed by atoms with Gasteiger partial charge >= 0.3 is 6.09 Å². The van der Waals surface area contributed by atoms with Crippen LogP contribution < -0.4 is 5.73 Å². The second-order valence-corrected chi connectivity index (χ2v) is 3.83. The molecule has 0 unspecified atom stereocenters. The number of carbonyl (C=O) groups is 1. The van der Waals surface area contributed by atoms with Gasteiger partial charge in [0.25, 0.3) is 0 Å². The number of primary amides is 1. The number of nitrogens with zero attached hydrogens (tertiary/aromatic N) is 1. The van der Waals surface area contributed by atoms with Crippen molar-refractivity contribution in [2.45, 2.75) is 25.0 Å². The number of carbonyl (C=O) groups excluding carboxylic acids is 1. The van der Waals surface area contributed by atoms with Crippen molar-refractivity contribution < 1.29 is 14.3 Å². The predicted molar refractivity (Wildman–Crippen MR) is 49.9 cm³/mol. The van der Waals surface area contributed by atoms with Crippen LogP contribution in [0.15, 0.2) is 0 Å². The lowest BCUT2D eigenvalue weighted by atomic mass is 9.87. The van der Waals surface area contributed by atoms with E-state index in [0.29, 0.717) is 6.04 Å². The average Bonchev–Trinajstić information content (AvgIpc) is 2.12. The van der Waals surface area contributed by atoms with Crippen LogP contribution in [-0.2, 0) is 9.47 Å². The fourth-order valence-corrected chi connectivity index (χ4v) is 2.04. The van der Waals surface area contributed by atoms with Crippen LogP contribution >= 0.6 is 0 Å². The van der Waals surface area contributed by atoms with Gasteiger partial charge in [0, 0.05) is 32.0 Å². The van der Waals surface area contributed by atoms with Gasteiger partial charge in [-0.2, -0.15) is 0 Å². The Morgan fingerprint density at radius 1 is 1.36 bits per heavy atom. The summed E-state index contributed by atoms with van der Waals surface area (Å²) in [5.74, 6) is 0. The summed E-state index contributed by atoms with van der Waals surface area (Å²) in [6.45, 7) is 3.62. The van der Waals surface area contributed by atoms with Gasteiger partial charge in [-0.25, -0.2) is 4.79 Å². The zero-order chi connectivity index (χ0) is 9.97. The molecular weight excluding hydrogens is 184 g/mol. The van der Waals surface area contributed by atoms with E-state index in [-0.39, 0.29) is 6.10 Å². The second kappa shape index (κ2) is 4.14. The zero-order valence-corrected chi connectivity index (χ0v) is 8.15. The lowest BCUT2D eigenvalue weighted by molar-refractivity contribution is -0.0484. The number of ether oxygens (including phenoxy) is 2. The molecule has 1 saturated carbocycles. The van der Waals surface area contributed by atoms with Crippen LogP contribution in [0.2, 0.25) is 0 Å². The molecule has 0 aromatic carbocycles. The van der Waals surface area contributed by atoms with Crippen molar-refractivity contribution in [3.05, 3.63) is 0 Å². The SMILES string of the molecule is NC(=O)O[C@H]1C[C@@H](N2CCOCC2)C1. The summed E-state index contributed by atoms with van der Waals surface area (Å²) in [7, 11) is 0. The van der Waals surface area contributed by atoms with Gasteiger partial charge in [-0.15, -0.1) is 0 Å². The van der Waals surface area contributed by atoms with Crippen molar-refractivity contribution >= 4 is 6.09 Å². The number of hydrogen-bond donors (Lipinski definition) is 1. The summed E-state index contributed by atoms with van der Waals surface area (Å²) in [4.78, 5) is 12.8. The molecule has 0 bridgehead atoms. The highest BCUT2D eigenvalue weighted by Crippen LogP contribution is 2.28. The predicted octanol–water partition coefficient (Wildman–Crippen LogP) is -0.0551. The third-order valence-electron chi connectivity index (χ3n) is 2.91. The van der Waals surface area contributed by atoms with Crippen LogP contribution in [0.5, 0.6) is 0 Å². The first-order chi connectivity index (χ1) is 6.75. The Labute approximate surface area is 83.1 Å². The Hall–Kier alpha value is -0.810. The van der Waals surface area contributed by atoms with Crippen molar-refractivity contribution in [1.82, 2.24) is 4.90 Å². The van der Waals surface area contributed by atoms with Crippen LogP contribution in [0.4, 0.5) is 4.79 Å².